The van der Waals surface area contributed by atoms with Gasteiger partial charge in [-0.25, -0.2) is 0 Å². The highest BCUT2D eigenvalue weighted by atomic mass is 16.5. The van der Waals surface area contributed by atoms with Gasteiger partial charge in [0.05, 0.1) is 12.0 Å². The minimum absolute atomic E-state index is 0.0666. The number of nitrogens with one attached hydrogen (secondary N) is 1. The van der Waals surface area contributed by atoms with Gasteiger partial charge in [-0.2, -0.15) is 0 Å². The van der Waals surface area contributed by atoms with Gasteiger partial charge in [0, 0.05) is 12.1 Å². The molecule has 1 aliphatic carbocycles. The number of fused-ring (bicyclic) bond motifs is 1. The van der Waals surface area contributed by atoms with Gasteiger partial charge in [0.15, 0.2) is 0 Å². The van der Waals surface area contributed by atoms with Crippen LogP contribution in [0.2, 0.25) is 0 Å². The average molecular weight is 192 g/mol. The molecular weight excluding hydrogens is 176 g/mol. The lowest BCUT2D eigenvalue weighted by Crippen LogP contribution is -2.40. The summed E-state index contributed by atoms with van der Waals surface area (Å²) >= 11 is 0. The summed E-state index contributed by atoms with van der Waals surface area (Å²) in [6, 6.07) is 0. The van der Waals surface area contributed by atoms with Crippen LogP contribution in [-0.4, -0.2) is 19.7 Å². The minimum atomic E-state index is 0.0666. The van der Waals surface area contributed by atoms with Crippen LogP contribution in [0.1, 0.15) is 19.3 Å². The SMILES string of the molecule is NC1=CC2=C(OCC2)C12CCNCC2. The Morgan fingerprint density at radius 2 is 2.14 bits per heavy atom. The zero-order valence-electron chi connectivity index (χ0n) is 8.31. The molecule has 3 rings (SSSR count). The fourth-order valence-corrected chi connectivity index (χ4v) is 2.88. The topological polar surface area (TPSA) is 47.3 Å². The van der Waals surface area contributed by atoms with E-state index >= 15 is 0 Å². The summed E-state index contributed by atoms with van der Waals surface area (Å²) in [5.41, 5.74) is 8.60. The second-order valence-electron chi connectivity index (χ2n) is 4.38. The molecule has 0 aromatic heterocycles. The molecule has 3 nitrogen and oxygen atoms in total. The fraction of sp³-hybridized carbons (Fsp3) is 0.636. The van der Waals surface area contributed by atoms with E-state index in [-0.39, 0.29) is 5.41 Å². The molecule has 2 heterocycles. The van der Waals surface area contributed by atoms with Gasteiger partial charge in [-0.3, -0.25) is 0 Å². The van der Waals surface area contributed by atoms with Crippen molar-refractivity contribution in [1.29, 1.82) is 0 Å². The summed E-state index contributed by atoms with van der Waals surface area (Å²) in [6.45, 7) is 2.95. The smallest absolute Gasteiger partial charge is 0.111 e. The lowest BCUT2D eigenvalue weighted by Gasteiger charge is -2.36. The van der Waals surface area contributed by atoms with E-state index in [4.69, 9.17) is 10.5 Å². The Labute approximate surface area is 84.0 Å². The molecule has 0 aromatic carbocycles. The van der Waals surface area contributed by atoms with Crippen molar-refractivity contribution in [2.45, 2.75) is 19.3 Å². The summed E-state index contributed by atoms with van der Waals surface area (Å²) in [4.78, 5) is 0. The van der Waals surface area contributed by atoms with Crippen molar-refractivity contribution in [3.8, 4) is 0 Å². The number of nitrogens with two attached hydrogens (primary N) is 1. The summed E-state index contributed by atoms with van der Waals surface area (Å²) in [7, 11) is 0. The Balaban J connectivity index is 2.01. The van der Waals surface area contributed by atoms with Crippen LogP contribution in [0.25, 0.3) is 0 Å². The predicted molar refractivity (Wildman–Crippen MR) is 54.4 cm³/mol. The van der Waals surface area contributed by atoms with E-state index in [0.29, 0.717) is 0 Å². The molecule has 3 N–H and O–H groups in total. The van der Waals surface area contributed by atoms with Crippen LogP contribution in [0, 0.1) is 5.41 Å². The molecule has 1 saturated heterocycles. The molecule has 3 heteroatoms. The second-order valence-corrected chi connectivity index (χ2v) is 4.38. The van der Waals surface area contributed by atoms with Gasteiger partial charge < -0.3 is 15.8 Å². The Morgan fingerprint density at radius 3 is 2.93 bits per heavy atom. The van der Waals surface area contributed by atoms with Crippen molar-refractivity contribution in [3.63, 3.8) is 0 Å². The van der Waals surface area contributed by atoms with Gasteiger partial charge in [-0.05, 0) is 37.6 Å². The number of piperidine rings is 1. The quantitative estimate of drug-likeness (QED) is 0.599. The van der Waals surface area contributed by atoms with Gasteiger partial charge >= 0.3 is 0 Å². The van der Waals surface area contributed by atoms with Crippen LogP contribution < -0.4 is 11.1 Å². The Morgan fingerprint density at radius 1 is 1.36 bits per heavy atom. The number of hydrogen-bond acceptors (Lipinski definition) is 3. The van der Waals surface area contributed by atoms with Crippen molar-refractivity contribution in [1.82, 2.24) is 5.32 Å². The molecule has 0 bridgehead atoms. The first-order chi connectivity index (χ1) is 6.83. The molecule has 0 aromatic rings. The van der Waals surface area contributed by atoms with Gasteiger partial charge in [0.25, 0.3) is 0 Å². The normalized spacial score (nSPS) is 29.0. The molecule has 0 saturated carbocycles. The van der Waals surface area contributed by atoms with Crippen LogP contribution >= 0.6 is 0 Å². The number of ether oxygens (including phenoxy) is 1. The lowest BCUT2D eigenvalue weighted by molar-refractivity contribution is 0.145. The van der Waals surface area contributed by atoms with Crippen LogP contribution in [0.4, 0.5) is 0 Å². The summed E-state index contributed by atoms with van der Waals surface area (Å²) in [5, 5.41) is 3.38. The third-order valence-electron chi connectivity index (χ3n) is 3.68. The van der Waals surface area contributed by atoms with Crippen molar-refractivity contribution >= 4 is 0 Å². The zero-order chi connectivity index (χ0) is 9.60. The van der Waals surface area contributed by atoms with E-state index in [1.165, 1.54) is 11.3 Å². The first kappa shape index (κ1) is 8.36. The van der Waals surface area contributed by atoms with E-state index in [9.17, 15) is 0 Å². The molecule has 0 unspecified atom stereocenters. The van der Waals surface area contributed by atoms with E-state index in [2.05, 4.69) is 11.4 Å². The van der Waals surface area contributed by atoms with E-state index in [1.807, 2.05) is 0 Å². The molecule has 0 radical (unpaired) electrons. The first-order valence-electron chi connectivity index (χ1n) is 5.38. The van der Waals surface area contributed by atoms with Crippen LogP contribution in [0.15, 0.2) is 23.1 Å². The van der Waals surface area contributed by atoms with Gasteiger partial charge in [0.1, 0.15) is 5.76 Å². The van der Waals surface area contributed by atoms with Crippen molar-refractivity contribution < 1.29 is 4.74 Å². The van der Waals surface area contributed by atoms with Gasteiger partial charge in [-0.1, -0.05) is 0 Å². The van der Waals surface area contributed by atoms with E-state index in [1.54, 1.807) is 0 Å². The summed E-state index contributed by atoms with van der Waals surface area (Å²) < 4.78 is 5.76. The number of rotatable bonds is 0. The largest absolute Gasteiger partial charge is 0.496 e. The Bertz CT molecular complexity index is 324. The first-order valence-corrected chi connectivity index (χ1v) is 5.38. The third-order valence-corrected chi connectivity index (χ3v) is 3.68. The molecule has 2 aliphatic heterocycles. The predicted octanol–water partition coefficient (Wildman–Crippen LogP) is 0.887. The van der Waals surface area contributed by atoms with Gasteiger partial charge in [-0.15, -0.1) is 0 Å². The monoisotopic (exact) mass is 192 g/mol. The fourth-order valence-electron chi connectivity index (χ4n) is 2.88. The van der Waals surface area contributed by atoms with Crippen molar-refractivity contribution in [2.24, 2.45) is 11.1 Å². The molecule has 0 atom stereocenters. The molecule has 3 aliphatic rings. The van der Waals surface area contributed by atoms with E-state index in [0.717, 1.165) is 44.7 Å². The maximum absolute atomic E-state index is 6.15. The minimum Gasteiger partial charge on any atom is -0.496 e. The molecule has 76 valence electrons. The lowest BCUT2D eigenvalue weighted by atomic mass is 9.76. The third kappa shape index (κ3) is 0.906. The maximum Gasteiger partial charge on any atom is 0.111 e. The molecule has 0 amide bonds. The molecular formula is C11H16N2O. The van der Waals surface area contributed by atoms with E-state index < -0.39 is 0 Å². The van der Waals surface area contributed by atoms with Crippen molar-refractivity contribution in [2.75, 3.05) is 19.7 Å². The Kier molecular flexibility index (Phi) is 1.65. The number of hydrogen-bond donors (Lipinski definition) is 2. The number of allylic oxidation sites excluding steroid dienone is 1. The van der Waals surface area contributed by atoms with Crippen LogP contribution in [0.5, 0.6) is 0 Å². The standard InChI is InChI=1S/C11H16N2O/c12-9-7-8-1-6-14-10(8)11(9)2-4-13-5-3-11/h7,13H,1-6,12H2. The maximum atomic E-state index is 6.15. The molecule has 14 heavy (non-hydrogen) atoms. The summed E-state index contributed by atoms with van der Waals surface area (Å²) in [6.07, 6.45) is 5.38. The average Bonchev–Trinajstić information content (AvgIpc) is 2.74. The zero-order valence-corrected chi connectivity index (χ0v) is 8.31. The highest BCUT2D eigenvalue weighted by Crippen LogP contribution is 2.50. The van der Waals surface area contributed by atoms with Crippen LogP contribution in [-0.2, 0) is 4.74 Å². The highest BCUT2D eigenvalue weighted by Gasteiger charge is 2.46. The van der Waals surface area contributed by atoms with Gasteiger partial charge in [0.2, 0.25) is 0 Å². The highest BCUT2D eigenvalue weighted by molar-refractivity contribution is 5.45. The summed E-state index contributed by atoms with van der Waals surface area (Å²) in [5.74, 6) is 1.19. The molecule has 1 fully saturated rings. The molecule has 1 spiro atoms. The van der Waals surface area contributed by atoms with Crippen LogP contribution in [0.3, 0.4) is 0 Å². The van der Waals surface area contributed by atoms with Crippen molar-refractivity contribution in [3.05, 3.63) is 23.1 Å². The Hall–Kier alpha value is -0.960. The second kappa shape index (κ2) is 2.76.